The molecule has 2 aromatic rings. The molecule has 2 heterocycles. The van der Waals surface area contributed by atoms with E-state index in [1.807, 2.05) is 30.3 Å². The van der Waals surface area contributed by atoms with Crippen molar-refractivity contribution in [3.05, 3.63) is 30.3 Å². The Balaban J connectivity index is 1.73. The molecule has 1 unspecified atom stereocenters. The van der Waals surface area contributed by atoms with Gasteiger partial charge in [-0.15, -0.1) is 0 Å². The Hall–Kier alpha value is -1.89. The van der Waals surface area contributed by atoms with Crippen LogP contribution in [0, 0.1) is 0 Å². The lowest BCUT2D eigenvalue weighted by Crippen LogP contribution is -2.21. The lowest BCUT2D eigenvalue weighted by molar-refractivity contribution is 0.431. The van der Waals surface area contributed by atoms with Crippen molar-refractivity contribution in [1.82, 2.24) is 10.1 Å². The van der Waals surface area contributed by atoms with Gasteiger partial charge in [-0.2, -0.15) is 4.98 Å². The van der Waals surface area contributed by atoms with Crippen LogP contribution in [-0.4, -0.2) is 36.1 Å². The van der Waals surface area contributed by atoms with Gasteiger partial charge in [0.25, 0.3) is 11.8 Å². The standard InChI is InChI=1S/C12H13N3O3S/c16-19(17)7-6-10(8-19)13-12-14-11(18-15-12)9-4-2-1-3-5-9/h1-5,10H,6-8H2,(H,13,15). The van der Waals surface area contributed by atoms with Gasteiger partial charge in [0.15, 0.2) is 9.84 Å². The molecule has 1 N–H and O–H groups in total. The summed E-state index contributed by atoms with van der Waals surface area (Å²) in [6, 6.07) is 9.29. The minimum Gasteiger partial charge on any atom is -0.348 e. The number of benzene rings is 1. The van der Waals surface area contributed by atoms with Gasteiger partial charge in [-0.05, 0) is 23.7 Å². The van der Waals surface area contributed by atoms with Gasteiger partial charge >= 0.3 is 0 Å². The van der Waals surface area contributed by atoms with Crippen LogP contribution in [-0.2, 0) is 9.84 Å². The highest BCUT2D eigenvalue weighted by atomic mass is 32.2. The molecule has 1 aliphatic rings. The zero-order valence-electron chi connectivity index (χ0n) is 10.1. The number of hydrogen-bond donors (Lipinski definition) is 1. The zero-order valence-corrected chi connectivity index (χ0v) is 10.9. The van der Waals surface area contributed by atoms with E-state index in [1.54, 1.807) is 0 Å². The van der Waals surface area contributed by atoms with E-state index >= 15 is 0 Å². The van der Waals surface area contributed by atoms with Gasteiger partial charge in [0, 0.05) is 11.6 Å². The summed E-state index contributed by atoms with van der Waals surface area (Å²) in [6.45, 7) is 0. The third kappa shape index (κ3) is 2.76. The van der Waals surface area contributed by atoms with Gasteiger partial charge in [0.2, 0.25) is 0 Å². The summed E-state index contributed by atoms with van der Waals surface area (Å²) in [5.41, 5.74) is 0.835. The molecule has 1 aromatic heterocycles. The topological polar surface area (TPSA) is 85.1 Å². The number of nitrogens with zero attached hydrogens (tertiary/aromatic N) is 2. The first-order valence-electron chi connectivity index (χ1n) is 5.98. The van der Waals surface area contributed by atoms with Crippen LogP contribution in [0.1, 0.15) is 6.42 Å². The molecule has 0 bridgehead atoms. The van der Waals surface area contributed by atoms with Gasteiger partial charge in [-0.1, -0.05) is 18.2 Å². The van der Waals surface area contributed by atoms with Gasteiger partial charge < -0.3 is 9.84 Å². The first-order chi connectivity index (χ1) is 9.12. The summed E-state index contributed by atoms with van der Waals surface area (Å²) in [4.78, 5) is 4.21. The fraction of sp³-hybridized carbons (Fsp3) is 0.333. The minimum absolute atomic E-state index is 0.127. The van der Waals surface area contributed by atoms with Crippen LogP contribution >= 0.6 is 0 Å². The summed E-state index contributed by atoms with van der Waals surface area (Å²) in [7, 11) is -2.91. The van der Waals surface area contributed by atoms with E-state index in [4.69, 9.17) is 4.52 Å². The number of anilines is 1. The van der Waals surface area contributed by atoms with E-state index in [-0.39, 0.29) is 17.5 Å². The molecule has 0 saturated carbocycles. The summed E-state index contributed by atoms with van der Waals surface area (Å²) in [6.07, 6.45) is 0.581. The highest BCUT2D eigenvalue weighted by Crippen LogP contribution is 2.20. The number of aromatic nitrogens is 2. The summed E-state index contributed by atoms with van der Waals surface area (Å²) < 4.78 is 27.8. The van der Waals surface area contributed by atoms with Crippen molar-refractivity contribution >= 4 is 15.8 Å². The summed E-state index contributed by atoms with van der Waals surface area (Å²) >= 11 is 0. The number of sulfone groups is 1. The van der Waals surface area contributed by atoms with Gasteiger partial charge in [0.1, 0.15) is 0 Å². The van der Waals surface area contributed by atoms with Crippen LogP contribution in [0.15, 0.2) is 34.9 Å². The number of hydrogen-bond acceptors (Lipinski definition) is 6. The maximum absolute atomic E-state index is 11.4. The SMILES string of the molecule is O=S1(=O)CCC(Nc2noc(-c3ccccc3)n2)C1. The predicted molar refractivity (Wildman–Crippen MR) is 70.4 cm³/mol. The molecule has 3 rings (SSSR count). The molecule has 7 heteroatoms. The molecular formula is C12H13N3O3S. The molecule has 6 nitrogen and oxygen atoms in total. The average Bonchev–Trinajstić information content (AvgIpc) is 2.98. The third-order valence-electron chi connectivity index (χ3n) is 3.01. The van der Waals surface area contributed by atoms with Crippen molar-refractivity contribution in [3.63, 3.8) is 0 Å². The van der Waals surface area contributed by atoms with Crippen LogP contribution in [0.25, 0.3) is 11.5 Å². The molecule has 1 atom stereocenters. The van der Waals surface area contributed by atoms with E-state index in [9.17, 15) is 8.42 Å². The Morgan fingerprint density at radius 2 is 2.05 bits per heavy atom. The van der Waals surface area contributed by atoms with E-state index in [0.29, 0.717) is 18.3 Å². The summed E-state index contributed by atoms with van der Waals surface area (Å²) in [5.74, 6) is 1.10. The number of nitrogens with one attached hydrogen (secondary N) is 1. The Morgan fingerprint density at radius 3 is 2.74 bits per heavy atom. The molecule has 19 heavy (non-hydrogen) atoms. The quantitative estimate of drug-likeness (QED) is 0.912. The highest BCUT2D eigenvalue weighted by Gasteiger charge is 2.28. The third-order valence-corrected chi connectivity index (χ3v) is 4.78. The first-order valence-corrected chi connectivity index (χ1v) is 7.81. The van der Waals surface area contributed by atoms with E-state index in [0.717, 1.165) is 5.56 Å². The van der Waals surface area contributed by atoms with Crippen LogP contribution in [0.5, 0.6) is 0 Å². The average molecular weight is 279 g/mol. The molecule has 0 radical (unpaired) electrons. The normalized spacial score (nSPS) is 21.4. The zero-order chi connectivity index (χ0) is 13.3. The van der Waals surface area contributed by atoms with Crippen LogP contribution < -0.4 is 5.32 Å². The summed E-state index contributed by atoms with van der Waals surface area (Å²) in [5, 5.41) is 6.80. The van der Waals surface area contributed by atoms with Gasteiger partial charge in [0.05, 0.1) is 11.5 Å². The van der Waals surface area contributed by atoms with Crippen molar-refractivity contribution in [2.45, 2.75) is 12.5 Å². The van der Waals surface area contributed by atoms with E-state index < -0.39 is 9.84 Å². The second kappa shape index (κ2) is 4.65. The molecule has 0 spiro atoms. The maximum atomic E-state index is 11.4. The van der Waals surface area contributed by atoms with Crippen molar-refractivity contribution in [2.75, 3.05) is 16.8 Å². The Labute approximate surface area is 110 Å². The highest BCUT2D eigenvalue weighted by molar-refractivity contribution is 7.91. The van der Waals surface area contributed by atoms with Crippen molar-refractivity contribution in [2.24, 2.45) is 0 Å². The Bertz CT molecular complexity index is 667. The number of rotatable bonds is 3. The van der Waals surface area contributed by atoms with Crippen molar-refractivity contribution in [3.8, 4) is 11.5 Å². The fourth-order valence-electron chi connectivity index (χ4n) is 2.07. The molecule has 1 saturated heterocycles. The second-order valence-electron chi connectivity index (χ2n) is 4.53. The monoisotopic (exact) mass is 279 g/mol. The van der Waals surface area contributed by atoms with Crippen molar-refractivity contribution in [1.29, 1.82) is 0 Å². The fourth-order valence-corrected chi connectivity index (χ4v) is 3.74. The maximum Gasteiger partial charge on any atom is 0.263 e. The van der Waals surface area contributed by atoms with Crippen LogP contribution in [0.3, 0.4) is 0 Å². The lowest BCUT2D eigenvalue weighted by atomic mass is 10.2. The molecule has 1 fully saturated rings. The molecule has 0 aliphatic carbocycles. The van der Waals surface area contributed by atoms with E-state index in [2.05, 4.69) is 15.5 Å². The van der Waals surface area contributed by atoms with Crippen LogP contribution in [0.4, 0.5) is 5.95 Å². The van der Waals surface area contributed by atoms with Gasteiger partial charge in [-0.3, -0.25) is 0 Å². The Kier molecular flexibility index (Phi) is 2.98. The second-order valence-corrected chi connectivity index (χ2v) is 6.76. The van der Waals surface area contributed by atoms with Crippen LogP contribution in [0.2, 0.25) is 0 Å². The van der Waals surface area contributed by atoms with Gasteiger partial charge in [-0.25, -0.2) is 8.42 Å². The van der Waals surface area contributed by atoms with Crippen molar-refractivity contribution < 1.29 is 12.9 Å². The lowest BCUT2D eigenvalue weighted by Gasteiger charge is -2.06. The molecule has 1 aliphatic heterocycles. The largest absolute Gasteiger partial charge is 0.348 e. The minimum atomic E-state index is -2.91. The molecule has 1 aromatic carbocycles. The Morgan fingerprint density at radius 1 is 1.26 bits per heavy atom. The molecular weight excluding hydrogens is 266 g/mol. The van der Waals surface area contributed by atoms with E-state index in [1.165, 1.54) is 0 Å². The smallest absolute Gasteiger partial charge is 0.263 e. The predicted octanol–water partition coefficient (Wildman–Crippen LogP) is 1.34. The first kappa shape index (κ1) is 12.2. The molecule has 0 amide bonds. The molecule has 100 valence electrons.